The Balaban J connectivity index is 2.70. The van der Waals surface area contributed by atoms with Crippen LogP contribution < -0.4 is 0 Å². The molecule has 0 aromatic rings. The van der Waals surface area contributed by atoms with E-state index in [2.05, 4.69) is 0 Å². The monoisotopic (exact) mass is 124 g/mol. The first-order valence-corrected chi connectivity index (χ1v) is 3.25. The summed E-state index contributed by atoms with van der Waals surface area (Å²) in [7, 11) is 0. The lowest BCUT2D eigenvalue weighted by molar-refractivity contribution is 0.183. The molecule has 9 heavy (non-hydrogen) atoms. The van der Waals surface area contributed by atoms with Crippen molar-refractivity contribution >= 4 is 0 Å². The van der Waals surface area contributed by atoms with Crippen molar-refractivity contribution in [2.75, 3.05) is 0 Å². The lowest BCUT2D eigenvalue weighted by atomic mass is 9.96. The van der Waals surface area contributed by atoms with E-state index in [0.717, 1.165) is 5.57 Å². The van der Waals surface area contributed by atoms with Crippen LogP contribution in [0.15, 0.2) is 23.8 Å². The van der Waals surface area contributed by atoms with Crippen LogP contribution in [-0.2, 0) is 0 Å². The quantitative estimate of drug-likeness (QED) is 0.519. The Bertz CT molecular complexity index is 156. The van der Waals surface area contributed by atoms with E-state index in [1.807, 2.05) is 32.1 Å². The zero-order valence-corrected chi connectivity index (χ0v) is 5.83. The van der Waals surface area contributed by atoms with Crippen molar-refractivity contribution in [3.8, 4) is 0 Å². The Morgan fingerprint density at radius 1 is 1.56 bits per heavy atom. The average molecular weight is 124 g/mol. The van der Waals surface area contributed by atoms with Crippen molar-refractivity contribution in [3.63, 3.8) is 0 Å². The molecule has 1 unspecified atom stereocenters. The lowest BCUT2D eigenvalue weighted by Gasteiger charge is -2.15. The molecular formula is C8H12O. The van der Waals surface area contributed by atoms with Gasteiger partial charge in [0.25, 0.3) is 0 Å². The number of rotatable bonds is 0. The van der Waals surface area contributed by atoms with Crippen LogP contribution in [0.2, 0.25) is 0 Å². The molecule has 0 fully saturated rings. The molecule has 0 saturated carbocycles. The molecular weight excluding hydrogens is 112 g/mol. The van der Waals surface area contributed by atoms with E-state index < -0.39 is 0 Å². The maximum absolute atomic E-state index is 9.22. The second-order valence-corrected chi connectivity index (χ2v) is 2.62. The molecule has 1 aliphatic carbocycles. The van der Waals surface area contributed by atoms with E-state index in [0.29, 0.717) is 0 Å². The smallest absolute Gasteiger partial charge is 0.0786 e. The molecule has 0 bridgehead atoms. The van der Waals surface area contributed by atoms with Gasteiger partial charge in [-0.25, -0.2) is 0 Å². The number of hydrogen-bond donors (Lipinski definition) is 1. The molecule has 1 N–H and O–H groups in total. The highest BCUT2D eigenvalue weighted by atomic mass is 16.3. The molecule has 2 atom stereocenters. The van der Waals surface area contributed by atoms with Gasteiger partial charge in [0.05, 0.1) is 6.10 Å². The number of aliphatic hydroxyl groups is 1. The first kappa shape index (κ1) is 6.56. The van der Waals surface area contributed by atoms with Gasteiger partial charge in [0, 0.05) is 5.92 Å². The maximum Gasteiger partial charge on any atom is 0.0786 e. The number of hydrogen-bond acceptors (Lipinski definition) is 1. The van der Waals surface area contributed by atoms with Crippen LogP contribution >= 0.6 is 0 Å². The van der Waals surface area contributed by atoms with Gasteiger partial charge in [-0.15, -0.1) is 0 Å². The maximum atomic E-state index is 9.22. The zero-order chi connectivity index (χ0) is 6.85. The molecule has 1 heteroatoms. The fraction of sp³-hybridized carbons (Fsp3) is 0.500. The van der Waals surface area contributed by atoms with Crippen LogP contribution in [0.1, 0.15) is 13.8 Å². The molecule has 1 nitrogen and oxygen atoms in total. The second-order valence-electron chi connectivity index (χ2n) is 2.62. The van der Waals surface area contributed by atoms with Gasteiger partial charge < -0.3 is 5.11 Å². The van der Waals surface area contributed by atoms with Crippen LogP contribution in [0.25, 0.3) is 0 Å². The Morgan fingerprint density at radius 2 is 2.22 bits per heavy atom. The molecule has 0 radical (unpaired) electrons. The molecule has 0 saturated heterocycles. The van der Waals surface area contributed by atoms with E-state index in [9.17, 15) is 5.11 Å². The fourth-order valence-electron chi connectivity index (χ4n) is 0.894. The van der Waals surface area contributed by atoms with Gasteiger partial charge in [-0.2, -0.15) is 0 Å². The second kappa shape index (κ2) is 2.36. The fourth-order valence-corrected chi connectivity index (χ4v) is 0.894. The van der Waals surface area contributed by atoms with Gasteiger partial charge in [0.15, 0.2) is 0 Å². The Kier molecular flexibility index (Phi) is 1.72. The average Bonchev–Trinajstić information content (AvgIpc) is 1.80. The van der Waals surface area contributed by atoms with Gasteiger partial charge in [-0.1, -0.05) is 30.7 Å². The standard InChI is InChI=1S/C8H12O/c1-6-3-4-7(2)8(9)5-6/h3-5,7-9H,1-2H3/t7-,8?/m0/s1. The molecule has 1 aliphatic rings. The number of allylic oxidation sites excluding steroid dienone is 2. The lowest BCUT2D eigenvalue weighted by Crippen LogP contribution is -2.15. The first-order valence-electron chi connectivity index (χ1n) is 3.25. The van der Waals surface area contributed by atoms with E-state index in [4.69, 9.17) is 0 Å². The summed E-state index contributed by atoms with van der Waals surface area (Å²) in [5.41, 5.74) is 1.15. The number of aliphatic hydroxyl groups excluding tert-OH is 1. The van der Waals surface area contributed by atoms with Crippen molar-refractivity contribution < 1.29 is 5.11 Å². The topological polar surface area (TPSA) is 20.2 Å². The minimum atomic E-state index is -0.269. The largest absolute Gasteiger partial charge is 0.388 e. The summed E-state index contributed by atoms with van der Waals surface area (Å²) >= 11 is 0. The summed E-state index contributed by atoms with van der Waals surface area (Å²) in [6, 6.07) is 0. The van der Waals surface area contributed by atoms with Gasteiger partial charge in [0.1, 0.15) is 0 Å². The van der Waals surface area contributed by atoms with Crippen LogP contribution in [0.5, 0.6) is 0 Å². The minimum absolute atomic E-state index is 0.269. The molecule has 0 spiro atoms. The first-order chi connectivity index (χ1) is 4.20. The third kappa shape index (κ3) is 1.42. The summed E-state index contributed by atoms with van der Waals surface area (Å²) in [6.07, 6.45) is 5.68. The molecule has 0 heterocycles. The van der Waals surface area contributed by atoms with Gasteiger partial charge in [-0.3, -0.25) is 0 Å². The van der Waals surface area contributed by atoms with Crippen molar-refractivity contribution in [2.45, 2.75) is 20.0 Å². The highest BCUT2D eigenvalue weighted by Crippen LogP contribution is 2.15. The molecule has 0 aromatic carbocycles. The van der Waals surface area contributed by atoms with Gasteiger partial charge in [-0.05, 0) is 6.92 Å². The van der Waals surface area contributed by atoms with Crippen LogP contribution in [0.4, 0.5) is 0 Å². The van der Waals surface area contributed by atoms with E-state index in [1.165, 1.54) is 0 Å². The normalized spacial score (nSPS) is 34.3. The summed E-state index contributed by atoms with van der Waals surface area (Å²) in [5, 5.41) is 9.22. The van der Waals surface area contributed by atoms with E-state index in [1.54, 1.807) is 0 Å². The van der Waals surface area contributed by atoms with Crippen LogP contribution in [-0.4, -0.2) is 11.2 Å². The molecule has 1 rings (SSSR count). The Labute approximate surface area is 55.7 Å². The van der Waals surface area contributed by atoms with Gasteiger partial charge in [0.2, 0.25) is 0 Å². The van der Waals surface area contributed by atoms with Gasteiger partial charge >= 0.3 is 0 Å². The van der Waals surface area contributed by atoms with E-state index in [-0.39, 0.29) is 12.0 Å². The highest BCUT2D eigenvalue weighted by Gasteiger charge is 2.10. The Hall–Kier alpha value is -0.560. The summed E-state index contributed by atoms with van der Waals surface area (Å²) in [6.45, 7) is 4.00. The minimum Gasteiger partial charge on any atom is -0.388 e. The summed E-state index contributed by atoms with van der Waals surface area (Å²) in [5.74, 6) is 0.286. The van der Waals surface area contributed by atoms with Crippen LogP contribution in [0.3, 0.4) is 0 Å². The van der Waals surface area contributed by atoms with Crippen molar-refractivity contribution in [1.29, 1.82) is 0 Å². The third-order valence-electron chi connectivity index (χ3n) is 1.64. The highest BCUT2D eigenvalue weighted by molar-refractivity contribution is 5.23. The molecule has 0 aromatic heterocycles. The van der Waals surface area contributed by atoms with Crippen LogP contribution in [0, 0.1) is 5.92 Å². The third-order valence-corrected chi connectivity index (χ3v) is 1.64. The Morgan fingerprint density at radius 3 is 2.67 bits per heavy atom. The predicted octanol–water partition coefficient (Wildman–Crippen LogP) is 1.50. The molecule has 0 amide bonds. The predicted molar refractivity (Wildman–Crippen MR) is 38.1 cm³/mol. The summed E-state index contributed by atoms with van der Waals surface area (Å²) in [4.78, 5) is 0. The SMILES string of the molecule is CC1=CC(O)[C@@H](C)C=C1. The van der Waals surface area contributed by atoms with Crippen molar-refractivity contribution in [2.24, 2.45) is 5.92 Å². The van der Waals surface area contributed by atoms with Crippen molar-refractivity contribution in [3.05, 3.63) is 23.8 Å². The van der Waals surface area contributed by atoms with Crippen molar-refractivity contribution in [1.82, 2.24) is 0 Å². The molecule has 50 valence electrons. The molecule has 0 aliphatic heterocycles. The summed E-state index contributed by atoms with van der Waals surface area (Å²) < 4.78 is 0. The van der Waals surface area contributed by atoms with E-state index >= 15 is 0 Å². The zero-order valence-electron chi connectivity index (χ0n) is 5.83.